The molecule has 2 heteroatoms. The second-order valence-electron chi connectivity index (χ2n) is 3.31. The molecule has 0 bridgehead atoms. The average Bonchev–Trinajstić information content (AvgIpc) is 2.30. The molecule has 0 aliphatic heterocycles. The highest BCUT2D eigenvalue weighted by Gasteiger charge is 2.00. The van der Waals surface area contributed by atoms with Crippen LogP contribution in [-0.4, -0.2) is 10.8 Å². The molecule has 1 heterocycles. The number of benzene rings is 1. The Hall–Kier alpha value is -1.96. The summed E-state index contributed by atoms with van der Waals surface area (Å²) >= 11 is 0. The highest BCUT2D eigenvalue weighted by atomic mass is 16.1. The molecule has 0 aliphatic carbocycles. The molecule has 2 nitrogen and oxygen atoms in total. The highest BCUT2D eigenvalue weighted by molar-refractivity contribution is 5.94. The van der Waals surface area contributed by atoms with Crippen molar-refractivity contribution in [2.75, 3.05) is 0 Å². The first kappa shape index (κ1) is 9.59. The zero-order chi connectivity index (χ0) is 10.7. The van der Waals surface area contributed by atoms with Crippen molar-refractivity contribution >= 4 is 5.78 Å². The molecular weight excluding hydrogens is 186 g/mol. The standard InChI is InChI=1S/C13H10NO/c1-10(15)11-4-6-12(7-5-11)13-3-2-8-14-9-13/h2-7,9H,1H3. The van der Waals surface area contributed by atoms with E-state index < -0.39 is 0 Å². The summed E-state index contributed by atoms with van der Waals surface area (Å²) in [7, 11) is 0. The molecule has 2 rings (SSSR count). The second kappa shape index (κ2) is 4.05. The Balaban J connectivity index is 2.36. The van der Waals surface area contributed by atoms with Gasteiger partial charge in [-0.05, 0) is 18.6 Å². The van der Waals surface area contributed by atoms with Crippen LogP contribution in [0.15, 0.2) is 42.6 Å². The third kappa shape index (κ3) is 2.10. The summed E-state index contributed by atoms with van der Waals surface area (Å²) in [4.78, 5) is 15.0. The minimum atomic E-state index is 0.0843. The van der Waals surface area contributed by atoms with E-state index in [1.807, 2.05) is 30.3 Å². The second-order valence-corrected chi connectivity index (χ2v) is 3.31. The number of Topliss-reactive ketones (excluding diaryl/α,β-unsaturated/α-hetero) is 1. The zero-order valence-corrected chi connectivity index (χ0v) is 8.40. The molecule has 0 amide bonds. The largest absolute Gasteiger partial charge is 0.295 e. The third-order valence-electron chi connectivity index (χ3n) is 2.24. The van der Waals surface area contributed by atoms with Gasteiger partial charge in [0.25, 0.3) is 0 Å². The summed E-state index contributed by atoms with van der Waals surface area (Å²) in [5.41, 5.74) is 2.82. The van der Waals surface area contributed by atoms with Gasteiger partial charge in [0.15, 0.2) is 5.78 Å². The van der Waals surface area contributed by atoms with Gasteiger partial charge in [-0.15, -0.1) is 0 Å². The third-order valence-corrected chi connectivity index (χ3v) is 2.24. The Morgan fingerprint density at radius 1 is 1.13 bits per heavy atom. The molecule has 73 valence electrons. The Bertz CT molecular complexity index is 460. The van der Waals surface area contributed by atoms with Crippen molar-refractivity contribution in [3.8, 4) is 11.1 Å². The van der Waals surface area contributed by atoms with Gasteiger partial charge < -0.3 is 0 Å². The van der Waals surface area contributed by atoms with Gasteiger partial charge in [0.1, 0.15) is 0 Å². The summed E-state index contributed by atoms with van der Waals surface area (Å²) in [5.74, 6) is 0.0843. The van der Waals surface area contributed by atoms with E-state index in [4.69, 9.17) is 0 Å². The maximum atomic E-state index is 11.1. The van der Waals surface area contributed by atoms with Crippen LogP contribution in [-0.2, 0) is 0 Å². The van der Waals surface area contributed by atoms with Crippen LogP contribution < -0.4 is 0 Å². The highest BCUT2D eigenvalue weighted by Crippen LogP contribution is 2.18. The Labute approximate surface area is 88.6 Å². The van der Waals surface area contributed by atoms with E-state index >= 15 is 0 Å². The lowest BCUT2D eigenvalue weighted by atomic mass is 10.0. The molecule has 1 aromatic heterocycles. The molecule has 0 unspecified atom stereocenters. The lowest BCUT2D eigenvalue weighted by Crippen LogP contribution is -1.90. The SMILES string of the molecule is CC(=O)c1ccc(-c2cc[c]nc2)cc1. The van der Waals surface area contributed by atoms with Crippen molar-refractivity contribution in [3.05, 3.63) is 54.4 Å². The normalized spacial score (nSPS) is 9.93. The van der Waals surface area contributed by atoms with Crippen LogP contribution in [0.1, 0.15) is 17.3 Å². The molecule has 1 aromatic carbocycles. The fraction of sp³-hybridized carbons (Fsp3) is 0.0769. The van der Waals surface area contributed by atoms with Crippen LogP contribution in [0, 0.1) is 6.20 Å². The quantitative estimate of drug-likeness (QED) is 0.691. The average molecular weight is 196 g/mol. The Morgan fingerprint density at radius 2 is 1.87 bits per heavy atom. The van der Waals surface area contributed by atoms with Crippen molar-refractivity contribution in [3.63, 3.8) is 0 Å². The van der Waals surface area contributed by atoms with Crippen LogP contribution in [0.4, 0.5) is 0 Å². The van der Waals surface area contributed by atoms with Gasteiger partial charge in [0.05, 0.1) is 6.20 Å². The maximum Gasteiger partial charge on any atom is 0.159 e. The number of aromatic nitrogens is 1. The van der Waals surface area contributed by atoms with Crippen molar-refractivity contribution < 1.29 is 4.79 Å². The zero-order valence-electron chi connectivity index (χ0n) is 8.40. The van der Waals surface area contributed by atoms with Crippen molar-refractivity contribution in [2.45, 2.75) is 6.92 Å². The van der Waals surface area contributed by atoms with Gasteiger partial charge in [-0.1, -0.05) is 30.3 Å². The van der Waals surface area contributed by atoms with E-state index in [-0.39, 0.29) is 5.78 Å². The number of hydrogen-bond donors (Lipinski definition) is 0. The summed E-state index contributed by atoms with van der Waals surface area (Å²) in [6, 6.07) is 11.2. The first-order valence-electron chi connectivity index (χ1n) is 4.71. The fourth-order valence-electron chi connectivity index (χ4n) is 1.39. The lowest BCUT2D eigenvalue weighted by molar-refractivity contribution is 0.101. The van der Waals surface area contributed by atoms with Crippen molar-refractivity contribution in [1.29, 1.82) is 0 Å². The topological polar surface area (TPSA) is 30.0 Å². The molecule has 0 aliphatic rings. The number of nitrogens with zero attached hydrogens (tertiary/aromatic N) is 1. The van der Waals surface area contributed by atoms with Gasteiger partial charge in [0.2, 0.25) is 0 Å². The molecule has 0 saturated carbocycles. The van der Waals surface area contributed by atoms with Crippen LogP contribution >= 0.6 is 0 Å². The summed E-state index contributed by atoms with van der Waals surface area (Å²) in [6.07, 6.45) is 4.48. The lowest BCUT2D eigenvalue weighted by Gasteiger charge is -2.01. The summed E-state index contributed by atoms with van der Waals surface area (Å²) in [6.45, 7) is 1.56. The molecule has 0 spiro atoms. The fourth-order valence-corrected chi connectivity index (χ4v) is 1.39. The van der Waals surface area contributed by atoms with E-state index in [0.717, 1.165) is 16.7 Å². The van der Waals surface area contributed by atoms with Crippen LogP contribution in [0.5, 0.6) is 0 Å². The van der Waals surface area contributed by atoms with Crippen LogP contribution in [0.2, 0.25) is 0 Å². The molecule has 0 N–H and O–H groups in total. The molecule has 0 saturated heterocycles. The molecule has 1 radical (unpaired) electrons. The summed E-state index contributed by atoms with van der Waals surface area (Å²) < 4.78 is 0. The monoisotopic (exact) mass is 196 g/mol. The predicted octanol–water partition coefficient (Wildman–Crippen LogP) is 2.75. The number of pyridine rings is 1. The number of carbonyl (C=O) groups excluding carboxylic acids is 1. The first-order valence-corrected chi connectivity index (χ1v) is 4.71. The van der Waals surface area contributed by atoms with Crippen molar-refractivity contribution in [1.82, 2.24) is 4.98 Å². The van der Waals surface area contributed by atoms with Gasteiger partial charge in [-0.25, -0.2) is 0 Å². The van der Waals surface area contributed by atoms with Gasteiger partial charge in [-0.2, -0.15) is 0 Å². The van der Waals surface area contributed by atoms with Gasteiger partial charge >= 0.3 is 0 Å². The van der Waals surface area contributed by atoms with E-state index in [1.54, 1.807) is 19.2 Å². The number of carbonyl (C=O) groups is 1. The minimum Gasteiger partial charge on any atom is -0.295 e. The smallest absolute Gasteiger partial charge is 0.159 e. The van der Waals surface area contributed by atoms with Crippen LogP contribution in [0.25, 0.3) is 11.1 Å². The summed E-state index contributed by atoms with van der Waals surface area (Å²) in [5, 5.41) is 0. The predicted molar refractivity (Wildman–Crippen MR) is 58.5 cm³/mol. The maximum absolute atomic E-state index is 11.1. The van der Waals surface area contributed by atoms with E-state index in [0.29, 0.717) is 0 Å². The molecule has 2 aromatic rings. The molecule has 0 atom stereocenters. The molecule has 15 heavy (non-hydrogen) atoms. The van der Waals surface area contributed by atoms with E-state index in [1.165, 1.54) is 0 Å². The Kier molecular flexibility index (Phi) is 2.59. The molecule has 0 fully saturated rings. The van der Waals surface area contributed by atoms with E-state index in [9.17, 15) is 4.79 Å². The number of hydrogen-bond acceptors (Lipinski definition) is 2. The number of rotatable bonds is 2. The van der Waals surface area contributed by atoms with Gasteiger partial charge in [0, 0.05) is 17.3 Å². The Morgan fingerprint density at radius 3 is 2.40 bits per heavy atom. The van der Waals surface area contributed by atoms with Crippen molar-refractivity contribution in [2.24, 2.45) is 0 Å². The van der Waals surface area contributed by atoms with E-state index in [2.05, 4.69) is 11.2 Å². The number of ketones is 1. The van der Waals surface area contributed by atoms with Gasteiger partial charge in [-0.3, -0.25) is 9.78 Å². The van der Waals surface area contributed by atoms with Crippen LogP contribution in [0.3, 0.4) is 0 Å². The first-order chi connectivity index (χ1) is 7.27. The molecular formula is C13H10NO. The minimum absolute atomic E-state index is 0.0843.